The second-order valence-electron chi connectivity index (χ2n) is 14.9. The van der Waals surface area contributed by atoms with Crippen molar-refractivity contribution in [2.75, 3.05) is 13.2 Å². The quantitative estimate of drug-likeness (QED) is 0.138. The number of fused-ring (bicyclic) bond motifs is 18. The number of halogens is 3. The summed E-state index contributed by atoms with van der Waals surface area (Å²) in [5, 5.41) is 21.2. The summed E-state index contributed by atoms with van der Waals surface area (Å²) in [5.41, 5.74) is 0. The van der Waals surface area contributed by atoms with Gasteiger partial charge >= 0.3 is 0 Å². The molecule has 0 radical (unpaired) electrons. The highest BCUT2D eigenvalue weighted by atomic mass is 79.9. The molecule has 0 atom stereocenters. The predicted octanol–water partition coefficient (Wildman–Crippen LogP) is 18.1. The molecule has 6 heteroatoms. The van der Waals surface area contributed by atoms with E-state index in [1.165, 1.54) is 122 Å². The van der Waals surface area contributed by atoms with Crippen molar-refractivity contribution in [2.45, 2.75) is 12.8 Å². The zero-order valence-corrected chi connectivity index (χ0v) is 37.5. The second kappa shape index (κ2) is 15.0. The third-order valence-corrected chi connectivity index (χ3v) is 15.7. The van der Waals surface area contributed by atoms with Gasteiger partial charge in [-0.05, 0) is 154 Å². The first kappa shape index (κ1) is 36.7. The summed E-state index contributed by atoms with van der Waals surface area (Å²) in [6, 6.07) is 55.5. The molecule has 0 saturated carbocycles. The van der Waals surface area contributed by atoms with Crippen molar-refractivity contribution in [3.05, 3.63) is 165 Å². The molecule has 0 N–H and O–H groups in total. The average Bonchev–Trinajstić information content (AvgIpc) is 4.04. The first-order chi connectivity index (χ1) is 28.5. The number of ether oxygens (including phenoxy) is 1. The Hall–Kier alpha value is -4.40. The average molecular weight is 978 g/mol. The van der Waals surface area contributed by atoms with Gasteiger partial charge in [0.25, 0.3) is 0 Å². The van der Waals surface area contributed by atoms with Gasteiger partial charge in [0.1, 0.15) is 0 Å². The van der Waals surface area contributed by atoms with E-state index >= 15 is 0 Å². The second-order valence-corrected chi connectivity index (χ2v) is 19.7. The molecule has 1 saturated heterocycles. The van der Waals surface area contributed by atoms with Gasteiger partial charge in [-0.1, -0.05) is 123 Å². The van der Waals surface area contributed by atoms with E-state index in [4.69, 9.17) is 4.74 Å². The Balaban J connectivity index is 0.000000119. The number of rotatable bonds is 0. The predicted molar refractivity (Wildman–Crippen MR) is 267 cm³/mol. The fourth-order valence-corrected chi connectivity index (χ4v) is 12.4. The summed E-state index contributed by atoms with van der Waals surface area (Å²) in [6.07, 6.45) is 2.56. The zero-order chi connectivity index (χ0) is 38.9. The topological polar surface area (TPSA) is 9.23 Å². The van der Waals surface area contributed by atoms with E-state index in [0.29, 0.717) is 0 Å². The minimum atomic E-state index is 1.00. The van der Waals surface area contributed by atoms with Gasteiger partial charge in [-0.2, -0.15) is 0 Å². The van der Waals surface area contributed by atoms with Crippen LogP contribution in [0.3, 0.4) is 0 Å². The van der Waals surface area contributed by atoms with E-state index in [2.05, 4.69) is 199 Å². The summed E-state index contributed by atoms with van der Waals surface area (Å²) < 4.78 is 13.7. The van der Waals surface area contributed by atoms with E-state index in [-0.39, 0.29) is 0 Å². The van der Waals surface area contributed by atoms with Crippen LogP contribution >= 0.6 is 70.5 Å². The van der Waals surface area contributed by atoms with Crippen LogP contribution < -0.4 is 0 Å². The Labute approximate surface area is 368 Å². The minimum absolute atomic E-state index is 1.00. The first-order valence-electron chi connectivity index (χ1n) is 19.5. The van der Waals surface area contributed by atoms with Crippen LogP contribution in [0.15, 0.2) is 165 Å². The van der Waals surface area contributed by atoms with Crippen molar-refractivity contribution in [1.82, 2.24) is 0 Å². The van der Waals surface area contributed by atoms with Crippen LogP contribution in [0.5, 0.6) is 0 Å². The SMILES string of the molecule is Brc1ccc2c(c1)c1ccccc1c1cc3c(cc21)sc1c(Br)cccc13.Brc1ccc2c(c1)c1ccccc1c1cc3c(cc21)sc1ccccc13.C1CCOC1. The molecule has 12 aromatic rings. The summed E-state index contributed by atoms with van der Waals surface area (Å²) in [5.74, 6) is 0. The lowest BCUT2D eigenvalue weighted by atomic mass is 9.93. The van der Waals surface area contributed by atoms with Gasteiger partial charge in [-0.25, -0.2) is 0 Å². The molecule has 10 aromatic carbocycles. The number of thiophene rings is 2. The largest absolute Gasteiger partial charge is 0.381 e. The maximum Gasteiger partial charge on any atom is 0.0497 e. The van der Waals surface area contributed by atoms with Crippen molar-refractivity contribution in [3.63, 3.8) is 0 Å². The standard InChI is InChI=1S/C24H12Br2S.C24H13BrS.C4H8O/c25-13-8-9-16-18(10-13)14-4-1-2-5-15(14)19-11-21-17-6-3-7-22(26)24(17)27-23(21)12-20(16)19;25-14-9-10-17-19(11-14)15-5-1-2-6-16(15)20-12-22-18-7-3-4-8-23(18)26-24(22)13-21(17)20;1-2-4-5-3-1/h1-12H;1-13H;1-4H2. The van der Waals surface area contributed by atoms with E-state index < -0.39 is 0 Å². The van der Waals surface area contributed by atoms with Crippen molar-refractivity contribution in [3.8, 4) is 0 Å². The smallest absolute Gasteiger partial charge is 0.0497 e. The molecular weight excluding hydrogens is 944 g/mol. The number of benzene rings is 10. The molecule has 0 aliphatic carbocycles. The Kier molecular flexibility index (Phi) is 9.49. The molecule has 0 spiro atoms. The number of hydrogen-bond acceptors (Lipinski definition) is 3. The minimum Gasteiger partial charge on any atom is -0.381 e. The van der Waals surface area contributed by atoms with Gasteiger partial charge in [0, 0.05) is 67.0 Å². The summed E-state index contributed by atoms with van der Waals surface area (Å²) >= 11 is 14.8. The Morgan fingerprint density at radius 1 is 0.328 bits per heavy atom. The number of hydrogen-bond donors (Lipinski definition) is 0. The third kappa shape index (κ3) is 6.23. The molecular formula is C52H33Br3OS2. The van der Waals surface area contributed by atoms with Gasteiger partial charge in [0.05, 0.1) is 0 Å². The highest BCUT2D eigenvalue weighted by Crippen LogP contribution is 2.45. The van der Waals surface area contributed by atoms with Gasteiger partial charge in [-0.3, -0.25) is 0 Å². The normalized spacial score (nSPS) is 13.1. The Morgan fingerprint density at radius 2 is 0.759 bits per heavy atom. The van der Waals surface area contributed by atoms with Crippen LogP contribution in [-0.4, -0.2) is 13.2 Å². The van der Waals surface area contributed by atoms with Gasteiger partial charge < -0.3 is 4.74 Å². The Bertz CT molecular complexity index is 3590. The first-order valence-corrected chi connectivity index (χ1v) is 23.5. The summed E-state index contributed by atoms with van der Waals surface area (Å²) in [7, 11) is 0. The van der Waals surface area contributed by atoms with Gasteiger partial charge in [0.2, 0.25) is 0 Å². The maximum atomic E-state index is 4.94. The lowest BCUT2D eigenvalue weighted by molar-refractivity contribution is 0.198. The van der Waals surface area contributed by atoms with E-state index in [0.717, 1.165) is 22.2 Å². The zero-order valence-electron chi connectivity index (χ0n) is 31.1. The lowest BCUT2D eigenvalue weighted by Crippen LogP contribution is -1.83. The van der Waals surface area contributed by atoms with Crippen molar-refractivity contribution in [2.24, 2.45) is 0 Å². The molecule has 58 heavy (non-hydrogen) atoms. The van der Waals surface area contributed by atoms with Crippen LogP contribution in [0, 0.1) is 0 Å². The van der Waals surface area contributed by atoms with E-state index in [1.807, 2.05) is 22.7 Å². The molecule has 0 unspecified atom stereocenters. The van der Waals surface area contributed by atoms with Crippen molar-refractivity contribution in [1.29, 1.82) is 0 Å². The van der Waals surface area contributed by atoms with Crippen LogP contribution in [0.1, 0.15) is 12.8 Å². The van der Waals surface area contributed by atoms with E-state index in [9.17, 15) is 0 Å². The van der Waals surface area contributed by atoms with Crippen LogP contribution in [-0.2, 0) is 4.74 Å². The molecule has 280 valence electrons. The third-order valence-electron chi connectivity index (χ3n) is 11.5. The fraction of sp³-hybridized carbons (Fsp3) is 0.0769. The lowest BCUT2D eigenvalue weighted by Gasteiger charge is -2.11. The molecule has 2 aromatic heterocycles. The fourth-order valence-electron chi connectivity index (χ4n) is 8.84. The molecule has 1 aliphatic heterocycles. The highest BCUT2D eigenvalue weighted by Gasteiger charge is 2.15. The van der Waals surface area contributed by atoms with Gasteiger partial charge in [0.15, 0.2) is 0 Å². The van der Waals surface area contributed by atoms with Gasteiger partial charge in [-0.15, -0.1) is 22.7 Å². The molecule has 3 heterocycles. The molecule has 0 amide bonds. The van der Waals surface area contributed by atoms with Crippen LogP contribution in [0.25, 0.3) is 105 Å². The monoisotopic (exact) mass is 974 g/mol. The van der Waals surface area contributed by atoms with E-state index in [1.54, 1.807) is 0 Å². The maximum absolute atomic E-state index is 4.94. The van der Waals surface area contributed by atoms with Crippen LogP contribution in [0.2, 0.25) is 0 Å². The van der Waals surface area contributed by atoms with Crippen molar-refractivity contribution < 1.29 is 4.74 Å². The summed E-state index contributed by atoms with van der Waals surface area (Å²) in [4.78, 5) is 0. The molecule has 1 nitrogen and oxygen atoms in total. The van der Waals surface area contributed by atoms with Crippen molar-refractivity contribution >= 4 is 175 Å². The van der Waals surface area contributed by atoms with Crippen LogP contribution in [0.4, 0.5) is 0 Å². The summed E-state index contributed by atoms with van der Waals surface area (Å²) in [6.45, 7) is 2.00. The Morgan fingerprint density at radius 3 is 1.29 bits per heavy atom. The molecule has 0 bridgehead atoms. The molecule has 13 rings (SSSR count). The highest BCUT2D eigenvalue weighted by molar-refractivity contribution is 9.11. The molecule has 1 fully saturated rings. The molecule has 1 aliphatic rings.